The number of nitrogens with one attached hydrogen (secondary N) is 1. The van der Waals surface area contributed by atoms with Crippen molar-refractivity contribution in [3.63, 3.8) is 0 Å². The maximum absolute atomic E-state index is 12.1. The smallest absolute Gasteiger partial charge is 0.317 e. The molecule has 1 aromatic rings. The number of carbonyl (C=O) groups is 1. The Morgan fingerprint density at radius 3 is 2.95 bits per heavy atom. The number of amides is 2. The number of aromatic nitrogens is 1. The summed E-state index contributed by atoms with van der Waals surface area (Å²) < 4.78 is 5.57. The number of pyridine rings is 1. The van der Waals surface area contributed by atoms with Gasteiger partial charge in [-0.25, -0.2) is 4.79 Å². The Labute approximate surface area is 114 Å². The third-order valence-corrected chi connectivity index (χ3v) is 3.39. The number of hydrogen-bond acceptors (Lipinski definition) is 3. The van der Waals surface area contributed by atoms with Gasteiger partial charge in [0.25, 0.3) is 0 Å². The second kappa shape index (κ2) is 6.52. The minimum atomic E-state index is -0.0696. The molecule has 0 unspecified atom stereocenters. The molecule has 1 fully saturated rings. The third kappa shape index (κ3) is 3.92. The van der Waals surface area contributed by atoms with Gasteiger partial charge in [-0.3, -0.25) is 4.98 Å². The quantitative estimate of drug-likeness (QED) is 0.901. The third-order valence-electron chi connectivity index (χ3n) is 3.39. The monoisotopic (exact) mass is 263 g/mol. The predicted octanol–water partition coefficient (Wildman–Crippen LogP) is 1.79. The summed E-state index contributed by atoms with van der Waals surface area (Å²) in [4.78, 5) is 17.7. The zero-order chi connectivity index (χ0) is 13.7. The summed E-state index contributed by atoms with van der Waals surface area (Å²) in [5.74, 6) is 0. The first kappa shape index (κ1) is 13.8. The number of ether oxygens (including phenoxy) is 1. The van der Waals surface area contributed by atoms with Gasteiger partial charge in [-0.05, 0) is 37.5 Å². The van der Waals surface area contributed by atoms with Crippen LogP contribution in [-0.2, 0) is 11.3 Å². The van der Waals surface area contributed by atoms with E-state index in [9.17, 15) is 4.79 Å². The van der Waals surface area contributed by atoms with Gasteiger partial charge in [-0.2, -0.15) is 0 Å². The molecule has 0 radical (unpaired) electrons. The number of nitrogens with zero attached hydrogens (tertiary/aromatic N) is 2. The van der Waals surface area contributed by atoms with Gasteiger partial charge in [0.05, 0.1) is 12.1 Å². The second-order valence-electron chi connectivity index (χ2n) is 5.00. The molecule has 1 aliphatic heterocycles. The lowest BCUT2D eigenvalue weighted by atomic mass is 10.1. The van der Waals surface area contributed by atoms with Crippen LogP contribution in [0.1, 0.15) is 25.3 Å². The van der Waals surface area contributed by atoms with E-state index in [1.165, 1.54) is 0 Å². The van der Waals surface area contributed by atoms with Crippen LogP contribution < -0.4 is 5.32 Å². The Kier molecular flexibility index (Phi) is 4.74. The highest BCUT2D eigenvalue weighted by molar-refractivity contribution is 5.74. The molecular weight excluding hydrogens is 242 g/mol. The van der Waals surface area contributed by atoms with Crippen molar-refractivity contribution >= 4 is 6.03 Å². The molecule has 2 heterocycles. The zero-order valence-corrected chi connectivity index (χ0v) is 11.5. The van der Waals surface area contributed by atoms with E-state index in [0.717, 1.165) is 25.0 Å². The molecule has 2 atom stereocenters. The van der Waals surface area contributed by atoms with Crippen molar-refractivity contribution < 1.29 is 9.53 Å². The lowest BCUT2D eigenvalue weighted by molar-refractivity contribution is 0.0838. The Bertz CT molecular complexity index is 404. The van der Waals surface area contributed by atoms with E-state index in [0.29, 0.717) is 6.54 Å². The highest BCUT2D eigenvalue weighted by atomic mass is 16.5. The molecule has 1 N–H and O–H groups in total. The van der Waals surface area contributed by atoms with Crippen molar-refractivity contribution in [2.45, 2.75) is 38.5 Å². The molecule has 5 nitrogen and oxygen atoms in total. The zero-order valence-electron chi connectivity index (χ0n) is 11.5. The summed E-state index contributed by atoms with van der Waals surface area (Å²) in [5.41, 5.74) is 1.07. The van der Waals surface area contributed by atoms with Crippen molar-refractivity contribution in [1.29, 1.82) is 0 Å². The first-order valence-electron chi connectivity index (χ1n) is 6.69. The Morgan fingerprint density at radius 1 is 1.58 bits per heavy atom. The molecule has 19 heavy (non-hydrogen) atoms. The first-order chi connectivity index (χ1) is 9.16. The molecule has 0 bridgehead atoms. The summed E-state index contributed by atoms with van der Waals surface area (Å²) in [6, 6.07) is 3.80. The van der Waals surface area contributed by atoms with E-state index in [2.05, 4.69) is 10.3 Å². The van der Waals surface area contributed by atoms with Crippen LogP contribution in [0.2, 0.25) is 0 Å². The van der Waals surface area contributed by atoms with E-state index >= 15 is 0 Å². The Hall–Kier alpha value is -1.62. The summed E-state index contributed by atoms with van der Waals surface area (Å²) >= 11 is 0. The molecule has 5 heteroatoms. The van der Waals surface area contributed by atoms with E-state index in [-0.39, 0.29) is 18.2 Å². The highest BCUT2D eigenvalue weighted by Gasteiger charge is 2.24. The van der Waals surface area contributed by atoms with Gasteiger partial charge < -0.3 is 15.0 Å². The topological polar surface area (TPSA) is 54.5 Å². The van der Waals surface area contributed by atoms with E-state index < -0.39 is 0 Å². The average molecular weight is 263 g/mol. The van der Waals surface area contributed by atoms with Gasteiger partial charge in [0, 0.05) is 32.6 Å². The maximum atomic E-state index is 12.1. The molecule has 0 aliphatic carbocycles. The van der Waals surface area contributed by atoms with Gasteiger partial charge in [0.1, 0.15) is 0 Å². The number of rotatable bonds is 4. The van der Waals surface area contributed by atoms with Gasteiger partial charge in [0.2, 0.25) is 0 Å². The fourth-order valence-corrected chi connectivity index (χ4v) is 2.23. The van der Waals surface area contributed by atoms with E-state index in [4.69, 9.17) is 4.74 Å². The standard InChI is InChI=1S/C14H21N3O2/c1-11(13-4-3-9-19-13)16-14(18)17(2)10-12-5-7-15-8-6-12/h5-8,11,13H,3-4,9-10H2,1-2H3,(H,16,18)/t11-,13-/m0/s1. The van der Waals surface area contributed by atoms with Crippen LogP contribution in [0.3, 0.4) is 0 Å². The van der Waals surface area contributed by atoms with Crippen LogP contribution in [0.25, 0.3) is 0 Å². The van der Waals surface area contributed by atoms with Crippen molar-refractivity contribution in [2.24, 2.45) is 0 Å². The SMILES string of the molecule is C[C@H](NC(=O)N(C)Cc1ccncc1)[C@@H]1CCCO1. The predicted molar refractivity (Wildman–Crippen MR) is 72.7 cm³/mol. The average Bonchev–Trinajstić information content (AvgIpc) is 2.93. The lowest BCUT2D eigenvalue weighted by Crippen LogP contribution is -2.46. The van der Waals surface area contributed by atoms with Crippen LogP contribution in [-0.4, -0.2) is 41.7 Å². The maximum Gasteiger partial charge on any atom is 0.317 e. The van der Waals surface area contributed by atoms with Crippen molar-refractivity contribution in [1.82, 2.24) is 15.2 Å². The van der Waals surface area contributed by atoms with E-state index in [1.807, 2.05) is 19.1 Å². The molecule has 1 aliphatic rings. The van der Waals surface area contributed by atoms with Crippen LogP contribution in [0.4, 0.5) is 4.79 Å². The minimum Gasteiger partial charge on any atom is -0.376 e. The summed E-state index contributed by atoms with van der Waals surface area (Å²) in [7, 11) is 1.79. The first-order valence-corrected chi connectivity index (χ1v) is 6.69. The van der Waals surface area contributed by atoms with Crippen molar-refractivity contribution in [3.8, 4) is 0 Å². The molecular formula is C14H21N3O2. The molecule has 2 amide bonds. The fourth-order valence-electron chi connectivity index (χ4n) is 2.23. The van der Waals surface area contributed by atoms with Crippen LogP contribution in [0.5, 0.6) is 0 Å². The molecule has 1 saturated heterocycles. The lowest BCUT2D eigenvalue weighted by Gasteiger charge is -2.24. The Morgan fingerprint density at radius 2 is 2.32 bits per heavy atom. The summed E-state index contributed by atoms with van der Waals surface area (Å²) in [5, 5.41) is 2.99. The molecule has 0 saturated carbocycles. The Balaban J connectivity index is 1.82. The number of hydrogen-bond donors (Lipinski definition) is 1. The molecule has 0 spiro atoms. The van der Waals surface area contributed by atoms with Crippen molar-refractivity contribution in [3.05, 3.63) is 30.1 Å². The largest absolute Gasteiger partial charge is 0.376 e. The number of urea groups is 1. The van der Waals surface area contributed by atoms with Gasteiger partial charge >= 0.3 is 6.03 Å². The van der Waals surface area contributed by atoms with Crippen molar-refractivity contribution in [2.75, 3.05) is 13.7 Å². The van der Waals surface area contributed by atoms with Gasteiger partial charge in [0.15, 0.2) is 0 Å². The molecule has 2 rings (SSSR count). The second-order valence-corrected chi connectivity index (χ2v) is 5.00. The number of carbonyl (C=O) groups excluding carboxylic acids is 1. The minimum absolute atomic E-state index is 0.0508. The van der Waals surface area contributed by atoms with Crippen LogP contribution in [0.15, 0.2) is 24.5 Å². The summed E-state index contributed by atoms with van der Waals surface area (Å²) in [6.45, 7) is 3.37. The highest BCUT2D eigenvalue weighted by Crippen LogP contribution is 2.15. The normalized spacial score (nSPS) is 20.0. The van der Waals surface area contributed by atoms with Crippen LogP contribution in [0, 0.1) is 0 Å². The van der Waals surface area contributed by atoms with E-state index in [1.54, 1.807) is 24.3 Å². The van der Waals surface area contributed by atoms with Crippen LogP contribution >= 0.6 is 0 Å². The molecule has 104 valence electrons. The van der Waals surface area contributed by atoms with Gasteiger partial charge in [-0.15, -0.1) is 0 Å². The molecule has 1 aromatic heterocycles. The fraction of sp³-hybridized carbons (Fsp3) is 0.571. The molecule has 0 aromatic carbocycles. The van der Waals surface area contributed by atoms with Gasteiger partial charge in [-0.1, -0.05) is 0 Å². The summed E-state index contributed by atoms with van der Waals surface area (Å²) in [6.07, 6.45) is 5.72.